The predicted octanol–water partition coefficient (Wildman–Crippen LogP) is 1.58. The fraction of sp³-hybridized carbons (Fsp3) is 0. The standard InChI is InChI=1S/C11H7N3O2/c15-11-10-9(12-6-13-11)8(14-16-10)7-4-2-1-3-5-7/h1-6H,(H,12,13,15). The van der Waals surface area contributed by atoms with Crippen LogP contribution in [0, 0.1) is 0 Å². The number of nitrogens with zero attached hydrogens (tertiary/aromatic N) is 2. The van der Waals surface area contributed by atoms with Gasteiger partial charge in [0.05, 0.1) is 6.33 Å². The third-order valence-corrected chi connectivity index (χ3v) is 2.31. The number of aromatic amines is 1. The predicted molar refractivity (Wildman–Crippen MR) is 57.9 cm³/mol. The van der Waals surface area contributed by atoms with Crippen LogP contribution in [0.2, 0.25) is 0 Å². The molecule has 0 atom stereocenters. The van der Waals surface area contributed by atoms with Crippen LogP contribution >= 0.6 is 0 Å². The van der Waals surface area contributed by atoms with Crippen molar-refractivity contribution in [2.75, 3.05) is 0 Å². The smallest absolute Gasteiger partial charge is 0.297 e. The summed E-state index contributed by atoms with van der Waals surface area (Å²) in [6.07, 6.45) is 1.34. The van der Waals surface area contributed by atoms with Gasteiger partial charge in [0.25, 0.3) is 11.1 Å². The van der Waals surface area contributed by atoms with Crippen LogP contribution in [-0.2, 0) is 0 Å². The van der Waals surface area contributed by atoms with Gasteiger partial charge < -0.3 is 9.51 Å². The summed E-state index contributed by atoms with van der Waals surface area (Å²) < 4.78 is 4.98. The summed E-state index contributed by atoms with van der Waals surface area (Å²) in [6, 6.07) is 9.47. The first-order valence-electron chi connectivity index (χ1n) is 4.75. The summed E-state index contributed by atoms with van der Waals surface area (Å²) in [7, 11) is 0. The molecular weight excluding hydrogens is 206 g/mol. The third-order valence-electron chi connectivity index (χ3n) is 2.31. The summed E-state index contributed by atoms with van der Waals surface area (Å²) in [6.45, 7) is 0. The van der Waals surface area contributed by atoms with Crippen LogP contribution in [0.5, 0.6) is 0 Å². The number of nitrogens with one attached hydrogen (secondary N) is 1. The lowest BCUT2D eigenvalue weighted by Crippen LogP contribution is -2.04. The van der Waals surface area contributed by atoms with E-state index < -0.39 is 0 Å². The highest BCUT2D eigenvalue weighted by Gasteiger charge is 2.13. The molecule has 0 bridgehead atoms. The molecule has 1 aromatic carbocycles. The average Bonchev–Trinajstić information content (AvgIpc) is 2.75. The molecule has 0 amide bonds. The van der Waals surface area contributed by atoms with Crippen LogP contribution in [0.1, 0.15) is 0 Å². The Morgan fingerprint density at radius 1 is 1.19 bits per heavy atom. The summed E-state index contributed by atoms with van der Waals surface area (Å²) in [5, 5.41) is 3.87. The van der Waals surface area contributed by atoms with Crippen molar-refractivity contribution >= 4 is 11.1 Å². The molecule has 16 heavy (non-hydrogen) atoms. The van der Waals surface area contributed by atoms with E-state index in [0.29, 0.717) is 11.2 Å². The largest absolute Gasteiger partial charge is 0.348 e. The monoisotopic (exact) mass is 213 g/mol. The first kappa shape index (κ1) is 8.84. The zero-order valence-corrected chi connectivity index (χ0v) is 8.18. The Hall–Kier alpha value is -2.43. The molecule has 0 aliphatic carbocycles. The molecule has 5 nitrogen and oxygen atoms in total. The van der Waals surface area contributed by atoms with E-state index in [1.54, 1.807) is 0 Å². The molecule has 0 spiro atoms. The molecule has 2 heterocycles. The van der Waals surface area contributed by atoms with Gasteiger partial charge in [-0.25, -0.2) is 4.98 Å². The van der Waals surface area contributed by atoms with E-state index in [-0.39, 0.29) is 11.1 Å². The Morgan fingerprint density at radius 3 is 2.81 bits per heavy atom. The van der Waals surface area contributed by atoms with Crippen LogP contribution in [0.3, 0.4) is 0 Å². The Kier molecular flexibility index (Phi) is 1.83. The molecule has 0 aliphatic rings. The van der Waals surface area contributed by atoms with E-state index in [1.807, 2.05) is 30.3 Å². The van der Waals surface area contributed by atoms with E-state index >= 15 is 0 Å². The Labute approximate surface area is 89.7 Å². The van der Waals surface area contributed by atoms with Gasteiger partial charge in [-0.1, -0.05) is 35.5 Å². The zero-order valence-electron chi connectivity index (χ0n) is 8.18. The minimum atomic E-state index is -0.320. The molecule has 0 radical (unpaired) electrons. The van der Waals surface area contributed by atoms with Gasteiger partial charge in [-0.05, 0) is 0 Å². The molecule has 5 heteroatoms. The second-order valence-electron chi connectivity index (χ2n) is 3.31. The number of aromatic nitrogens is 3. The van der Waals surface area contributed by atoms with E-state index in [2.05, 4.69) is 15.1 Å². The zero-order chi connectivity index (χ0) is 11.0. The van der Waals surface area contributed by atoms with Crippen molar-refractivity contribution in [1.82, 2.24) is 15.1 Å². The quantitative estimate of drug-likeness (QED) is 0.666. The van der Waals surface area contributed by atoms with Crippen LogP contribution in [0.4, 0.5) is 0 Å². The van der Waals surface area contributed by atoms with Gasteiger partial charge in [-0.15, -0.1) is 0 Å². The summed E-state index contributed by atoms with van der Waals surface area (Å²) in [5.74, 6) is 0. The van der Waals surface area contributed by atoms with Gasteiger partial charge in [-0.2, -0.15) is 0 Å². The van der Waals surface area contributed by atoms with Crippen molar-refractivity contribution in [3.63, 3.8) is 0 Å². The second kappa shape index (κ2) is 3.30. The van der Waals surface area contributed by atoms with Gasteiger partial charge in [0.2, 0.25) is 0 Å². The van der Waals surface area contributed by atoms with Crippen molar-refractivity contribution in [2.45, 2.75) is 0 Å². The lowest BCUT2D eigenvalue weighted by Gasteiger charge is -1.93. The molecule has 0 saturated carbocycles. The molecule has 3 rings (SSSR count). The van der Waals surface area contributed by atoms with Gasteiger partial charge in [0, 0.05) is 5.56 Å². The SMILES string of the molecule is O=c1[nH]cnc2c(-c3ccccc3)noc12. The highest BCUT2D eigenvalue weighted by atomic mass is 16.5. The van der Waals surface area contributed by atoms with Gasteiger partial charge >= 0.3 is 0 Å². The van der Waals surface area contributed by atoms with Gasteiger partial charge in [0.15, 0.2) is 0 Å². The highest BCUT2D eigenvalue weighted by molar-refractivity contribution is 5.87. The number of H-pyrrole nitrogens is 1. The Morgan fingerprint density at radius 2 is 2.00 bits per heavy atom. The van der Waals surface area contributed by atoms with Crippen LogP contribution < -0.4 is 5.56 Å². The first-order valence-corrected chi connectivity index (χ1v) is 4.75. The van der Waals surface area contributed by atoms with Crippen molar-refractivity contribution in [3.05, 3.63) is 47.0 Å². The molecule has 0 unspecified atom stereocenters. The van der Waals surface area contributed by atoms with Crippen molar-refractivity contribution in [1.29, 1.82) is 0 Å². The second-order valence-corrected chi connectivity index (χ2v) is 3.31. The summed E-state index contributed by atoms with van der Waals surface area (Å²) >= 11 is 0. The topological polar surface area (TPSA) is 71.8 Å². The van der Waals surface area contributed by atoms with Gasteiger partial charge in [-0.3, -0.25) is 4.79 Å². The van der Waals surface area contributed by atoms with Crippen molar-refractivity contribution in [2.24, 2.45) is 0 Å². The Bertz CT molecular complexity index is 685. The average molecular weight is 213 g/mol. The fourth-order valence-electron chi connectivity index (χ4n) is 1.56. The lowest BCUT2D eigenvalue weighted by molar-refractivity contribution is 0.456. The van der Waals surface area contributed by atoms with Crippen LogP contribution in [-0.4, -0.2) is 15.1 Å². The highest BCUT2D eigenvalue weighted by Crippen LogP contribution is 2.23. The van der Waals surface area contributed by atoms with E-state index in [9.17, 15) is 4.79 Å². The molecular formula is C11H7N3O2. The lowest BCUT2D eigenvalue weighted by atomic mass is 10.1. The maximum atomic E-state index is 11.4. The normalized spacial score (nSPS) is 10.8. The number of rotatable bonds is 1. The minimum absolute atomic E-state index is 0.154. The fourth-order valence-corrected chi connectivity index (χ4v) is 1.56. The number of hydrogen-bond donors (Lipinski definition) is 1. The van der Waals surface area contributed by atoms with E-state index in [0.717, 1.165) is 5.56 Å². The molecule has 0 aliphatic heterocycles. The number of benzene rings is 1. The summed E-state index contributed by atoms with van der Waals surface area (Å²) in [4.78, 5) is 17.9. The first-order chi connectivity index (χ1) is 7.86. The Balaban J connectivity index is 2.34. The maximum absolute atomic E-state index is 11.4. The number of fused-ring (bicyclic) bond motifs is 1. The van der Waals surface area contributed by atoms with Crippen molar-refractivity contribution < 1.29 is 4.52 Å². The molecule has 3 aromatic rings. The van der Waals surface area contributed by atoms with Crippen LogP contribution in [0.15, 0.2) is 46.0 Å². The number of hydrogen-bond acceptors (Lipinski definition) is 4. The van der Waals surface area contributed by atoms with Gasteiger partial charge in [0.1, 0.15) is 11.2 Å². The van der Waals surface area contributed by atoms with E-state index in [4.69, 9.17) is 4.52 Å². The summed E-state index contributed by atoms with van der Waals surface area (Å²) in [5.41, 5.74) is 1.78. The third kappa shape index (κ3) is 1.22. The van der Waals surface area contributed by atoms with Crippen molar-refractivity contribution in [3.8, 4) is 11.3 Å². The van der Waals surface area contributed by atoms with Crippen LogP contribution in [0.25, 0.3) is 22.4 Å². The molecule has 0 saturated heterocycles. The minimum Gasteiger partial charge on any atom is -0.348 e. The molecule has 78 valence electrons. The van der Waals surface area contributed by atoms with E-state index in [1.165, 1.54) is 6.33 Å². The molecule has 2 aromatic heterocycles. The maximum Gasteiger partial charge on any atom is 0.297 e. The molecule has 1 N–H and O–H groups in total. The molecule has 0 fully saturated rings.